The molecule has 0 spiro atoms. The summed E-state index contributed by atoms with van der Waals surface area (Å²) in [6, 6.07) is 1.12. The Morgan fingerprint density at radius 3 is 2.90 bits per heavy atom. The highest BCUT2D eigenvalue weighted by Crippen LogP contribution is 2.33. The van der Waals surface area contributed by atoms with Gasteiger partial charge in [0, 0.05) is 12.3 Å². The minimum Gasteiger partial charge on any atom is -0.389 e. The van der Waals surface area contributed by atoms with Crippen molar-refractivity contribution in [2.45, 2.75) is 30.2 Å². The number of aromatic nitrogens is 2. The number of aromatic amines is 1. The first kappa shape index (κ1) is 15.5. The highest BCUT2D eigenvalue weighted by molar-refractivity contribution is 6.21. The third-order valence-corrected chi connectivity index (χ3v) is 3.49. The number of aliphatic hydroxyl groups is 1. The van der Waals surface area contributed by atoms with Gasteiger partial charge in [0.05, 0.1) is 12.7 Å². The van der Waals surface area contributed by atoms with Crippen LogP contribution in [0.15, 0.2) is 21.9 Å². The zero-order valence-corrected chi connectivity index (χ0v) is 11.3. The van der Waals surface area contributed by atoms with Gasteiger partial charge in [-0.1, -0.05) is 0 Å². The fourth-order valence-corrected chi connectivity index (χ4v) is 2.38. The molecule has 0 bridgehead atoms. The first-order chi connectivity index (χ1) is 9.90. The molecule has 1 aliphatic rings. The molecule has 2 N–H and O–H groups in total. The van der Waals surface area contributed by atoms with Crippen molar-refractivity contribution < 1.29 is 19.8 Å². The van der Waals surface area contributed by atoms with E-state index in [1.807, 2.05) is 4.98 Å². The van der Waals surface area contributed by atoms with Crippen molar-refractivity contribution in [1.29, 1.82) is 0 Å². The van der Waals surface area contributed by atoms with Gasteiger partial charge in [-0.2, -0.15) is 0 Å². The van der Waals surface area contributed by atoms with Gasteiger partial charge in [-0.3, -0.25) is 14.3 Å². The number of halogens is 1. The minimum atomic E-state index is -1.13. The number of H-pyrrole nitrogens is 1. The maximum absolute atomic E-state index is 11.7. The summed E-state index contributed by atoms with van der Waals surface area (Å²) in [5, 5.41) is 18.1. The van der Waals surface area contributed by atoms with Crippen LogP contribution in [0.1, 0.15) is 12.6 Å². The Morgan fingerprint density at radius 2 is 2.29 bits per heavy atom. The molecule has 4 atom stereocenters. The molecule has 11 heteroatoms. The molecule has 1 aromatic heterocycles. The molecule has 1 aliphatic heterocycles. The van der Waals surface area contributed by atoms with Crippen LogP contribution in [0.3, 0.4) is 0 Å². The van der Waals surface area contributed by atoms with E-state index in [2.05, 4.69) is 4.84 Å². The Balaban J connectivity index is 2.10. The molecule has 1 aromatic rings. The molecule has 2 rings (SSSR count). The molecular formula is C10H12ClN3O7. The maximum Gasteiger partial charge on any atom is 0.330 e. The van der Waals surface area contributed by atoms with Crippen LogP contribution in [-0.4, -0.2) is 43.9 Å². The number of nitrogens with one attached hydrogen (secondary N) is 1. The van der Waals surface area contributed by atoms with E-state index in [0.717, 1.165) is 10.6 Å². The fraction of sp³-hybridized carbons (Fsp3) is 0.600. The third kappa shape index (κ3) is 3.40. The van der Waals surface area contributed by atoms with Gasteiger partial charge in [0.25, 0.3) is 10.6 Å². The highest BCUT2D eigenvalue weighted by atomic mass is 35.5. The minimum absolute atomic E-state index is 0.0277. The Morgan fingerprint density at radius 1 is 1.57 bits per heavy atom. The lowest BCUT2D eigenvalue weighted by Crippen LogP contribution is -2.35. The van der Waals surface area contributed by atoms with Crippen LogP contribution in [-0.2, 0) is 9.57 Å². The summed E-state index contributed by atoms with van der Waals surface area (Å²) in [4.78, 5) is 38.9. The molecule has 0 unspecified atom stereocenters. The van der Waals surface area contributed by atoms with E-state index < -0.39 is 40.1 Å². The fourth-order valence-electron chi connectivity index (χ4n) is 2.04. The molecule has 116 valence electrons. The number of ether oxygens (including phenoxy) is 1. The van der Waals surface area contributed by atoms with Crippen molar-refractivity contribution in [2.24, 2.45) is 0 Å². The lowest BCUT2D eigenvalue weighted by Gasteiger charge is -2.16. The van der Waals surface area contributed by atoms with E-state index in [1.54, 1.807) is 0 Å². The van der Waals surface area contributed by atoms with Crippen LogP contribution < -0.4 is 11.2 Å². The largest absolute Gasteiger partial charge is 0.389 e. The molecular weight excluding hydrogens is 310 g/mol. The van der Waals surface area contributed by atoms with E-state index in [4.69, 9.17) is 16.3 Å². The molecule has 10 nitrogen and oxygen atoms in total. The number of nitrogens with zero attached hydrogens (tertiary/aromatic N) is 2. The van der Waals surface area contributed by atoms with E-state index in [9.17, 15) is 24.8 Å². The second kappa shape index (κ2) is 6.24. The van der Waals surface area contributed by atoms with Crippen molar-refractivity contribution in [2.75, 3.05) is 6.61 Å². The lowest BCUT2D eigenvalue weighted by molar-refractivity contribution is -0.758. The number of rotatable bonds is 5. The molecule has 1 fully saturated rings. The van der Waals surface area contributed by atoms with Gasteiger partial charge in [0.2, 0.25) is 0 Å². The molecule has 21 heavy (non-hydrogen) atoms. The molecule has 2 heterocycles. The average molecular weight is 322 g/mol. The predicted molar refractivity (Wildman–Crippen MR) is 68.4 cm³/mol. The Bertz CT molecular complexity index is 630. The summed E-state index contributed by atoms with van der Waals surface area (Å²) >= 11 is 6.01. The Hall–Kier alpha value is -1.91. The van der Waals surface area contributed by atoms with E-state index >= 15 is 0 Å². The van der Waals surface area contributed by atoms with Gasteiger partial charge in [-0.15, -0.1) is 21.7 Å². The van der Waals surface area contributed by atoms with Crippen molar-refractivity contribution in [3.05, 3.63) is 43.2 Å². The SMILES string of the molecule is O=c1ccn([C@@H]2O[C@H](CCO[N+](=O)[O-])[C@@H](O)[C@H]2Cl)c(=O)[nH]1. The maximum atomic E-state index is 11.7. The first-order valence-corrected chi connectivity index (χ1v) is 6.40. The number of alkyl halides is 1. The lowest BCUT2D eigenvalue weighted by atomic mass is 10.1. The van der Waals surface area contributed by atoms with Gasteiger partial charge >= 0.3 is 5.69 Å². The quantitative estimate of drug-likeness (QED) is 0.403. The molecule has 0 radical (unpaired) electrons. The van der Waals surface area contributed by atoms with Gasteiger partial charge < -0.3 is 14.7 Å². The van der Waals surface area contributed by atoms with Crippen LogP contribution in [0, 0.1) is 10.1 Å². The summed E-state index contributed by atoms with van der Waals surface area (Å²) in [5.74, 6) is 0. The number of hydrogen-bond acceptors (Lipinski definition) is 7. The van der Waals surface area contributed by atoms with E-state index in [1.165, 1.54) is 6.20 Å². The van der Waals surface area contributed by atoms with Crippen LogP contribution in [0.5, 0.6) is 0 Å². The second-order valence-electron chi connectivity index (χ2n) is 4.36. The predicted octanol–water partition coefficient (Wildman–Crippen LogP) is -0.999. The van der Waals surface area contributed by atoms with Crippen LogP contribution in [0.2, 0.25) is 0 Å². The van der Waals surface area contributed by atoms with Crippen LogP contribution >= 0.6 is 11.6 Å². The van der Waals surface area contributed by atoms with E-state index in [0.29, 0.717) is 0 Å². The Labute approximate surface area is 122 Å². The summed E-state index contributed by atoms with van der Waals surface area (Å²) in [7, 11) is 0. The molecule has 0 aromatic carbocycles. The monoisotopic (exact) mass is 321 g/mol. The van der Waals surface area contributed by atoms with Gasteiger partial charge in [0.15, 0.2) is 6.23 Å². The number of aliphatic hydroxyl groups excluding tert-OH is 1. The van der Waals surface area contributed by atoms with Gasteiger partial charge in [-0.25, -0.2) is 4.79 Å². The van der Waals surface area contributed by atoms with E-state index in [-0.39, 0.29) is 13.0 Å². The molecule has 0 amide bonds. The summed E-state index contributed by atoms with van der Waals surface area (Å²) < 4.78 is 6.47. The van der Waals surface area contributed by atoms with Crippen molar-refractivity contribution in [1.82, 2.24) is 9.55 Å². The highest BCUT2D eigenvalue weighted by Gasteiger charge is 2.43. The Kier molecular flexibility index (Phi) is 4.60. The smallest absolute Gasteiger partial charge is 0.330 e. The summed E-state index contributed by atoms with van der Waals surface area (Å²) in [6.45, 7) is -0.272. The van der Waals surface area contributed by atoms with Crippen LogP contribution in [0.4, 0.5) is 0 Å². The van der Waals surface area contributed by atoms with Crippen molar-refractivity contribution >= 4 is 11.6 Å². The zero-order chi connectivity index (χ0) is 15.6. The van der Waals surface area contributed by atoms with Crippen LogP contribution in [0.25, 0.3) is 0 Å². The second-order valence-corrected chi connectivity index (χ2v) is 4.87. The first-order valence-electron chi connectivity index (χ1n) is 5.96. The average Bonchev–Trinajstić information content (AvgIpc) is 2.67. The van der Waals surface area contributed by atoms with Crippen molar-refractivity contribution in [3.8, 4) is 0 Å². The zero-order valence-electron chi connectivity index (χ0n) is 10.5. The number of hydrogen-bond donors (Lipinski definition) is 2. The van der Waals surface area contributed by atoms with Gasteiger partial charge in [-0.05, 0) is 6.42 Å². The van der Waals surface area contributed by atoms with Crippen molar-refractivity contribution in [3.63, 3.8) is 0 Å². The third-order valence-electron chi connectivity index (χ3n) is 3.02. The topological polar surface area (TPSA) is 137 Å². The standard InChI is InChI=1S/C10H12ClN3O7/c11-7-8(16)5(2-4-20-14(18)19)21-9(7)13-3-1-6(15)12-10(13)17/h1,3,5,7-9,16H,2,4H2,(H,12,15,17)/t5-,7-,8-,9-/m1/s1. The molecule has 0 saturated carbocycles. The summed E-state index contributed by atoms with van der Waals surface area (Å²) in [6.07, 6.45) is -1.72. The summed E-state index contributed by atoms with van der Waals surface area (Å²) in [5.41, 5.74) is -1.30. The van der Waals surface area contributed by atoms with Gasteiger partial charge in [0.1, 0.15) is 11.5 Å². The molecule has 0 aliphatic carbocycles. The normalized spacial score (nSPS) is 28.5. The molecule has 1 saturated heterocycles.